The third kappa shape index (κ3) is 14.8. The van der Waals surface area contributed by atoms with Crippen LogP contribution < -0.4 is 5.32 Å². The van der Waals surface area contributed by atoms with Gasteiger partial charge < -0.3 is 29.3 Å². The summed E-state index contributed by atoms with van der Waals surface area (Å²) in [5, 5.41) is 2.75. The molecule has 1 fully saturated rings. The van der Waals surface area contributed by atoms with Crippen LogP contribution >= 0.6 is 0 Å². The maximum absolute atomic E-state index is 12.1. The van der Waals surface area contributed by atoms with Crippen molar-refractivity contribution in [2.75, 3.05) is 59.5 Å². The number of esters is 2. The van der Waals surface area contributed by atoms with E-state index in [0.717, 1.165) is 45.4 Å². The standard InChI is InChI=1S/C24H45N3O6/c1-4-10-21(5-2)33-24(30)25-13-6-9-20-32-23(29)12-17-27(16-11-22(28)31-3)19-18-26-14-7-8-15-26/h21H,4-20H2,1-3H3,(H,25,30). The lowest BCUT2D eigenvalue weighted by Crippen LogP contribution is -2.36. The zero-order valence-corrected chi connectivity index (χ0v) is 20.9. The van der Waals surface area contributed by atoms with Gasteiger partial charge in [-0.25, -0.2) is 4.79 Å². The number of carbonyl (C=O) groups is 3. The van der Waals surface area contributed by atoms with Crippen molar-refractivity contribution in [3.05, 3.63) is 0 Å². The van der Waals surface area contributed by atoms with E-state index < -0.39 is 0 Å². The molecule has 0 aromatic rings. The quantitative estimate of drug-likeness (QED) is 0.185. The molecule has 1 heterocycles. The molecule has 1 rings (SSSR count). The minimum atomic E-state index is -0.381. The molecule has 1 amide bonds. The van der Waals surface area contributed by atoms with Gasteiger partial charge in [0.15, 0.2) is 0 Å². The van der Waals surface area contributed by atoms with E-state index in [9.17, 15) is 14.4 Å². The zero-order chi connectivity index (χ0) is 24.3. The Bertz CT molecular complexity index is 554. The number of hydrogen-bond acceptors (Lipinski definition) is 8. The van der Waals surface area contributed by atoms with E-state index in [4.69, 9.17) is 14.2 Å². The minimum Gasteiger partial charge on any atom is -0.469 e. The summed E-state index contributed by atoms with van der Waals surface area (Å²) in [4.78, 5) is 39.9. The maximum Gasteiger partial charge on any atom is 0.407 e. The van der Waals surface area contributed by atoms with Gasteiger partial charge in [-0.1, -0.05) is 20.3 Å². The Morgan fingerprint density at radius 3 is 2.33 bits per heavy atom. The highest BCUT2D eigenvalue weighted by molar-refractivity contribution is 5.70. The highest BCUT2D eigenvalue weighted by Gasteiger charge is 2.16. The van der Waals surface area contributed by atoms with Gasteiger partial charge in [0.1, 0.15) is 6.10 Å². The molecule has 0 bridgehead atoms. The number of amides is 1. The van der Waals surface area contributed by atoms with Crippen molar-refractivity contribution in [2.45, 2.75) is 77.7 Å². The fourth-order valence-electron chi connectivity index (χ4n) is 3.76. The van der Waals surface area contributed by atoms with Crippen LogP contribution in [-0.4, -0.2) is 93.5 Å². The molecule has 9 nitrogen and oxygen atoms in total. The summed E-state index contributed by atoms with van der Waals surface area (Å²) in [6.07, 6.45) is 6.75. The molecule has 1 unspecified atom stereocenters. The molecule has 1 aliphatic heterocycles. The largest absolute Gasteiger partial charge is 0.469 e. The van der Waals surface area contributed by atoms with E-state index >= 15 is 0 Å². The Morgan fingerprint density at radius 2 is 1.70 bits per heavy atom. The minimum absolute atomic E-state index is 0.0292. The van der Waals surface area contributed by atoms with Gasteiger partial charge in [-0.3, -0.25) is 9.59 Å². The van der Waals surface area contributed by atoms with Gasteiger partial charge in [-0.15, -0.1) is 0 Å². The van der Waals surface area contributed by atoms with Crippen molar-refractivity contribution in [1.82, 2.24) is 15.1 Å². The number of nitrogens with one attached hydrogen (secondary N) is 1. The number of carbonyl (C=O) groups excluding carboxylic acids is 3. The number of unbranched alkanes of at least 4 members (excludes halogenated alkanes) is 1. The van der Waals surface area contributed by atoms with Crippen LogP contribution in [0.1, 0.15) is 71.6 Å². The summed E-state index contributed by atoms with van der Waals surface area (Å²) < 4.78 is 15.4. The third-order valence-corrected chi connectivity index (χ3v) is 5.87. The van der Waals surface area contributed by atoms with Crippen LogP contribution in [0, 0.1) is 0 Å². The van der Waals surface area contributed by atoms with E-state index in [1.807, 2.05) is 6.92 Å². The second kappa shape index (κ2) is 18.5. The van der Waals surface area contributed by atoms with Crippen molar-refractivity contribution in [2.24, 2.45) is 0 Å². The molecule has 0 spiro atoms. The Morgan fingerprint density at radius 1 is 1.00 bits per heavy atom. The van der Waals surface area contributed by atoms with Gasteiger partial charge in [0.25, 0.3) is 0 Å². The molecule has 1 atom stereocenters. The first-order valence-corrected chi connectivity index (χ1v) is 12.6. The van der Waals surface area contributed by atoms with Crippen LogP contribution in [0.25, 0.3) is 0 Å². The van der Waals surface area contributed by atoms with Crippen molar-refractivity contribution >= 4 is 18.0 Å². The molecule has 1 N–H and O–H groups in total. The first-order valence-electron chi connectivity index (χ1n) is 12.6. The van der Waals surface area contributed by atoms with Crippen LogP contribution in [-0.2, 0) is 23.8 Å². The Balaban J connectivity index is 2.16. The molecule has 0 aliphatic carbocycles. The number of alkyl carbamates (subject to hydrolysis) is 1. The van der Waals surface area contributed by atoms with Crippen molar-refractivity contribution in [3.8, 4) is 0 Å². The fourth-order valence-corrected chi connectivity index (χ4v) is 3.76. The molecule has 1 aliphatic rings. The van der Waals surface area contributed by atoms with Gasteiger partial charge in [0, 0.05) is 32.7 Å². The highest BCUT2D eigenvalue weighted by atomic mass is 16.6. The molecule has 0 aromatic carbocycles. The van der Waals surface area contributed by atoms with Gasteiger partial charge in [-0.05, 0) is 51.6 Å². The number of nitrogens with zero attached hydrogens (tertiary/aromatic N) is 2. The number of rotatable bonds is 18. The van der Waals surface area contributed by atoms with Crippen LogP contribution in [0.15, 0.2) is 0 Å². The fraction of sp³-hybridized carbons (Fsp3) is 0.875. The van der Waals surface area contributed by atoms with E-state index in [2.05, 4.69) is 22.0 Å². The second-order valence-corrected chi connectivity index (χ2v) is 8.55. The van der Waals surface area contributed by atoms with Crippen molar-refractivity contribution in [1.29, 1.82) is 0 Å². The molecule has 192 valence electrons. The lowest BCUT2D eigenvalue weighted by Gasteiger charge is -2.24. The smallest absolute Gasteiger partial charge is 0.407 e. The Hall–Kier alpha value is -1.87. The van der Waals surface area contributed by atoms with Crippen molar-refractivity contribution < 1.29 is 28.6 Å². The Kier molecular flexibility index (Phi) is 16.4. The highest BCUT2D eigenvalue weighted by Crippen LogP contribution is 2.08. The van der Waals surface area contributed by atoms with Crippen LogP contribution in [0.3, 0.4) is 0 Å². The average Bonchev–Trinajstić information content (AvgIpc) is 3.33. The number of ether oxygens (including phenoxy) is 3. The monoisotopic (exact) mass is 471 g/mol. The lowest BCUT2D eigenvalue weighted by atomic mass is 10.2. The molecular formula is C24H45N3O6. The van der Waals surface area contributed by atoms with E-state index in [0.29, 0.717) is 51.9 Å². The zero-order valence-electron chi connectivity index (χ0n) is 20.9. The Labute approximate surface area is 199 Å². The maximum atomic E-state index is 12.1. The van der Waals surface area contributed by atoms with Gasteiger partial charge in [-0.2, -0.15) is 0 Å². The lowest BCUT2D eigenvalue weighted by molar-refractivity contribution is -0.144. The van der Waals surface area contributed by atoms with E-state index in [1.54, 1.807) is 0 Å². The summed E-state index contributed by atoms with van der Waals surface area (Å²) in [6.45, 7) is 10.1. The molecule has 1 saturated heterocycles. The number of likely N-dealkylation sites (tertiary alicyclic amines) is 1. The molecular weight excluding hydrogens is 426 g/mol. The molecule has 0 radical (unpaired) electrons. The van der Waals surface area contributed by atoms with Crippen LogP contribution in [0.4, 0.5) is 4.79 Å². The number of hydrogen-bond donors (Lipinski definition) is 1. The molecule has 9 heteroatoms. The first kappa shape index (κ1) is 29.2. The predicted octanol–water partition coefficient (Wildman–Crippen LogP) is 2.97. The molecule has 33 heavy (non-hydrogen) atoms. The third-order valence-electron chi connectivity index (χ3n) is 5.87. The van der Waals surface area contributed by atoms with E-state index in [1.165, 1.54) is 20.0 Å². The molecule has 0 saturated carbocycles. The number of methoxy groups -OCH3 is 1. The van der Waals surface area contributed by atoms with Gasteiger partial charge >= 0.3 is 18.0 Å². The van der Waals surface area contributed by atoms with Crippen LogP contribution in [0.5, 0.6) is 0 Å². The summed E-state index contributed by atoms with van der Waals surface area (Å²) in [7, 11) is 1.39. The SMILES string of the molecule is CCCC(CC)OC(=O)NCCCCOC(=O)CCN(CCC(=O)OC)CCN1CCCC1. The first-order chi connectivity index (χ1) is 16.0. The van der Waals surface area contributed by atoms with Crippen molar-refractivity contribution in [3.63, 3.8) is 0 Å². The summed E-state index contributed by atoms with van der Waals surface area (Å²) in [6, 6.07) is 0. The summed E-state index contributed by atoms with van der Waals surface area (Å²) >= 11 is 0. The van der Waals surface area contributed by atoms with E-state index in [-0.39, 0.29) is 24.1 Å². The normalized spacial score (nSPS) is 14.8. The van der Waals surface area contributed by atoms with Gasteiger partial charge in [0.05, 0.1) is 26.6 Å². The summed E-state index contributed by atoms with van der Waals surface area (Å²) in [5.74, 6) is -0.478. The average molecular weight is 472 g/mol. The van der Waals surface area contributed by atoms with Gasteiger partial charge in [0.2, 0.25) is 0 Å². The second-order valence-electron chi connectivity index (χ2n) is 8.55. The molecule has 0 aromatic heterocycles. The summed E-state index contributed by atoms with van der Waals surface area (Å²) in [5.41, 5.74) is 0. The predicted molar refractivity (Wildman–Crippen MR) is 127 cm³/mol. The topological polar surface area (TPSA) is 97.4 Å². The van der Waals surface area contributed by atoms with Crippen LogP contribution in [0.2, 0.25) is 0 Å².